The number of alkyl halides is 2. The van der Waals surface area contributed by atoms with Crippen molar-refractivity contribution in [3.63, 3.8) is 0 Å². The van der Waals surface area contributed by atoms with Gasteiger partial charge in [0.05, 0.1) is 11.5 Å². The van der Waals surface area contributed by atoms with Gasteiger partial charge in [-0.05, 0) is 12.1 Å². The molecule has 0 aromatic heterocycles. The number of nitrogens with zero attached hydrogens (tertiary/aromatic N) is 1. The number of benzene rings is 1. The van der Waals surface area contributed by atoms with Crippen molar-refractivity contribution >= 4 is 11.6 Å². The van der Waals surface area contributed by atoms with Crippen LogP contribution in [-0.4, -0.2) is 35.0 Å². The Hall–Kier alpha value is -2.16. The molecule has 104 valence electrons. The second-order valence-electron chi connectivity index (χ2n) is 3.62. The molecule has 0 aliphatic heterocycles. The van der Waals surface area contributed by atoms with Gasteiger partial charge in [-0.1, -0.05) is 0 Å². The minimum absolute atomic E-state index is 0.574. The van der Waals surface area contributed by atoms with Gasteiger partial charge in [-0.25, -0.2) is 13.2 Å². The summed E-state index contributed by atoms with van der Waals surface area (Å²) in [5.74, 6) is -5.69. The molecule has 0 radical (unpaired) electrons. The average molecular weight is 278 g/mol. The molecule has 1 aromatic carbocycles. The van der Waals surface area contributed by atoms with Crippen LogP contribution < -0.4 is 5.32 Å². The van der Waals surface area contributed by atoms with Crippen LogP contribution in [0.15, 0.2) is 18.2 Å². The normalized spacial score (nSPS) is 11.2. The van der Waals surface area contributed by atoms with Gasteiger partial charge in [0.25, 0.3) is 17.5 Å². The van der Waals surface area contributed by atoms with Crippen molar-refractivity contribution in [3.05, 3.63) is 39.7 Å². The summed E-state index contributed by atoms with van der Waals surface area (Å²) < 4.78 is 38.3. The van der Waals surface area contributed by atoms with Crippen molar-refractivity contribution in [1.82, 2.24) is 5.32 Å². The van der Waals surface area contributed by atoms with Crippen LogP contribution in [0.2, 0.25) is 0 Å². The highest BCUT2D eigenvalue weighted by molar-refractivity contribution is 5.98. The smallest absolute Gasteiger partial charge is 0.287 e. The van der Waals surface area contributed by atoms with E-state index in [2.05, 4.69) is 0 Å². The molecule has 0 bridgehead atoms. The van der Waals surface area contributed by atoms with E-state index in [1.165, 1.54) is 0 Å². The Morgan fingerprint density at radius 2 is 2.11 bits per heavy atom. The Morgan fingerprint density at radius 1 is 1.47 bits per heavy atom. The summed E-state index contributed by atoms with van der Waals surface area (Å²) in [6.07, 6.45) is 0. The molecule has 6 nitrogen and oxygen atoms in total. The SMILES string of the molecule is O=C(NCC(F)(F)CO)c1cc(F)ccc1[N+](=O)[O-]. The van der Waals surface area contributed by atoms with Crippen molar-refractivity contribution in [3.8, 4) is 0 Å². The zero-order chi connectivity index (χ0) is 14.6. The first-order valence-electron chi connectivity index (χ1n) is 4.97. The summed E-state index contributed by atoms with van der Waals surface area (Å²) >= 11 is 0. The van der Waals surface area contributed by atoms with Gasteiger partial charge >= 0.3 is 0 Å². The van der Waals surface area contributed by atoms with Gasteiger partial charge < -0.3 is 10.4 Å². The van der Waals surface area contributed by atoms with Gasteiger partial charge in [0.1, 0.15) is 18.0 Å². The third kappa shape index (κ3) is 3.91. The summed E-state index contributed by atoms with van der Waals surface area (Å²) in [5, 5.41) is 20.6. The summed E-state index contributed by atoms with van der Waals surface area (Å²) in [7, 11) is 0. The number of carbonyl (C=O) groups excluding carboxylic acids is 1. The second-order valence-corrected chi connectivity index (χ2v) is 3.62. The highest BCUT2D eigenvalue weighted by Crippen LogP contribution is 2.20. The zero-order valence-electron chi connectivity index (χ0n) is 9.40. The number of hydrogen-bond acceptors (Lipinski definition) is 4. The molecular formula is C10H9F3N2O4. The quantitative estimate of drug-likeness (QED) is 0.623. The van der Waals surface area contributed by atoms with Crippen molar-refractivity contribution in [2.75, 3.05) is 13.2 Å². The van der Waals surface area contributed by atoms with Crippen LogP contribution in [0.5, 0.6) is 0 Å². The zero-order valence-corrected chi connectivity index (χ0v) is 9.40. The molecule has 0 atom stereocenters. The van der Waals surface area contributed by atoms with Crippen LogP contribution in [0.4, 0.5) is 18.9 Å². The maximum atomic E-state index is 12.9. The Morgan fingerprint density at radius 3 is 2.63 bits per heavy atom. The van der Waals surface area contributed by atoms with Crippen molar-refractivity contribution in [2.45, 2.75) is 5.92 Å². The maximum Gasteiger partial charge on any atom is 0.287 e. The number of rotatable bonds is 5. The molecule has 9 heteroatoms. The van der Waals surface area contributed by atoms with Crippen LogP contribution >= 0.6 is 0 Å². The summed E-state index contributed by atoms with van der Waals surface area (Å²) in [6.45, 7) is -2.70. The molecule has 0 aliphatic rings. The van der Waals surface area contributed by atoms with Crippen LogP contribution in [0, 0.1) is 15.9 Å². The van der Waals surface area contributed by atoms with E-state index in [0.717, 1.165) is 12.1 Å². The van der Waals surface area contributed by atoms with E-state index in [1.54, 1.807) is 5.32 Å². The summed E-state index contributed by atoms with van der Waals surface area (Å²) in [5.41, 5.74) is -1.37. The second kappa shape index (κ2) is 5.65. The fourth-order valence-electron chi connectivity index (χ4n) is 1.21. The van der Waals surface area contributed by atoms with Crippen LogP contribution in [-0.2, 0) is 0 Å². The molecule has 1 rings (SSSR count). The Balaban J connectivity index is 2.93. The molecule has 0 fully saturated rings. The molecule has 0 aliphatic carbocycles. The summed E-state index contributed by atoms with van der Waals surface area (Å²) in [6, 6.07) is 2.11. The molecule has 0 unspecified atom stereocenters. The third-order valence-electron chi connectivity index (χ3n) is 2.14. The van der Waals surface area contributed by atoms with E-state index in [4.69, 9.17) is 5.11 Å². The molecule has 2 N–H and O–H groups in total. The predicted octanol–water partition coefficient (Wildman–Crippen LogP) is 1.09. The molecule has 1 amide bonds. The third-order valence-corrected chi connectivity index (χ3v) is 2.14. The lowest BCUT2D eigenvalue weighted by molar-refractivity contribution is -0.385. The van der Waals surface area contributed by atoms with Crippen LogP contribution in [0.1, 0.15) is 10.4 Å². The van der Waals surface area contributed by atoms with Crippen molar-refractivity contribution < 1.29 is 28.0 Å². The fraction of sp³-hybridized carbons (Fsp3) is 0.300. The van der Waals surface area contributed by atoms with E-state index in [9.17, 15) is 28.1 Å². The van der Waals surface area contributed by atoms with E-state index < -0.39 is 47.0 Å². The lowest BCUT2D eigenvalue weighted by Crippen LogP contribution is -2.39. The number of amides is 1. The van der Waals surface area contributed by atoms with Gasteiger partial charge in [0.15, 0.2) is 0 Å². The summed E-state index contributed by atoms with van der Waals surface area (Å²) in [4.78, 5) is 21.2. The van der Waals surface area contributed by atoms with E-state index in [0.29, 0.717) is 6.07 Å². The molecule has 1 aromatic rings. The molecule has 0 saturated heterocycles. The van der Waals surface area contributed by atoms with Crippen LogP contribution in [0.3, 0.4) is 0 Å². The van der Waals surface area contributed by atoms with E-state index in [-0.39, 0.29) is 0 Å². The minimum atomic E-state index is -3.56. The molecule has 19 heavy (non-hydrogen) atoms. The maximum absolute atomic E-state index is 12.9. The van der Waals surface area contributed by atoms with Gasteiger partial charge in [-0.15, -0.1) is 0 Å². The Labute approximate surface area is 105 Å². The number of aliphatic hydroxyl groups is 1. The highest BCUT2D eigenvalue weighted by atomic mass is 19.3. The van der Waals surface area contributed by atoms with Crippen LogP contribution in [0.25, 0.3) is 0 Å². The van der Waals surface area contributed by atoms with Gasteiger partial charge in [0.2, 0.25) is 0 Å². The minimum Gasteiger partial charge on any atom is -0.390 e. The number of nitro groups is 1. The van der Waals surface area contributed by atoms with Crippen molar-refractivity contribution in [1.29, 1.82) is 0 Å². The lowest BCUT2D eigenvalue weighted by Gasteiger charge is -2.13. The number of carbonyl (C=O) groups is 1. The predicted molar refractivity (Wildman–Crippen MR) is 57.4 cm³/mol. The van der Waals surface area contributed by atoms with E-state index in [1.807, 2.05) is 0 Å². The number of nitro benzene ring substituents is 1. The lowest BCUT2D eigenvalue weighted by atomic mass is 10.1. The van der Waals surface area contributed by atoms with Gasteiger partial charge in [-0.2, -0.15) is 0 Å². The molecule has 0 spiro atoms. The topological polar surface area (TPSA) is 92.5 Å². The largest absolute Gasteiger partial charge is 0.390 e. The first-order valence-corrected chi connectivity index (χ1v) is 4.97. The Kier molecular flexibility index (Phi) is 4.43. The highest BCUT2D eigenvalue weighted by Gasteiger charge is 2.29. The molecular weight excluding hydrogens is 269 g/mol. The van der Waals surface area contributed by atoms with Crippen molar-refractivity contribution in [2.24, 2.45) is 0 Å². The fourth-order valence-corrected chi connectivity index (χ4v) is 1.21. The van der Waals surface area contributed by atoms with E-state index >= 15 is 0 Å². The average Bonchev–Trinajstić information content (AvgIpc) is 2.35. The van der Waals surface area contributed by atoms with Gasteiger partial charge in [0, 0.05) is 6.07 Å². The molecule has 0 saturated carbocycles. The monoisotopic (exact) mass is 278 g/mol. The number of nitrogens with one attached hydrogen (secondary N) is 1. The number of hydrogen-bond donors (Lipinski definition) is 2. The van der Waals surface area contributed by atoms with Gasteiger partial charge in [-0.3, -0.25) is 14.9 Å². The standard InChI is InChI=1S/C10H9F3N2O4/c11-6-1-2-8(15(18)19)7(3-6)9(17)14-4-10(12,13)5-16/h1-3,16H,4-5H2,(H,14,17). The first-order chi connectivity index (χ1) is 8.76. The molecule has 0 heterocycles. The first kappa shape index (κ1) is 14.9. The number of halogens is 3. The number of aliphatic hydroxyl groups excluding tert-OH is 1. The Bertz CT molecular complexity index is 508.